The molecule has 28 heavy (non-hydrogen) atoms. The van der Waals surface area contributed by atoms with Crippen LogP contribution in [0.5, 0.6) is 0 Å². The maximum atomic E-state index is 13.3. The molecule has 0 bridgehead atoms. The topological polar surface area (TPSA) is 73.5 Å². The first-order valence-electron chi connectivity index (χ1n) is 9.95. The molecule has 154 valence electrons. The molecular weight excluding hydrogens is 374 g/mol. The highest BCUT2D eigenvalue weighted by Crippen LogP contribution is 2.27. The van der Waals surface area contributed by atoms with E-state index in [1.54, 1.807) is 4.90 Å². The van der Waals surface area contributed by atoms with E-state index in [4.69, 9.17) is 0 Å². The number of aromatic nitrogens is 1. The lowest BCUT2D eigenvalue weighted by Crippen LogP contribution is -2.45. The van der Waals surface area contributed by atoms with E-state index < -0.39 is 9.84 Å². The third-order valence-corrected chi connectivity index (χ3v) is 7.46. The number of carbonyl (C=O) groups excluding carboxylic acids is 1. The van der Waals surface area contributed by atoms with Crippen LogP contribution in [0, 0.1) is 6.92 Å². The van der Waals surface area contributed by atoms with Crippen molar-refractivity contribution in [2.45, 2.75) is 39.2 Å². The lowest BCUT2D eigenvalue weighted by Gasteiger charge is -2.29. The maximum absolute atomic E-state index is 13.3. The minimum Gasteiger partial charge on any atom is -0.358 e. The number of nitrogens with one attached hydrogen (secondary N) is 1. The molecule has 2 heterocycles. The van der Waals surface area contributed by atoms with Gasteiger partial charge >= 0.3 is 0 Å². The third-order valence-electron chi connectivity index (χ3n) is 5.71. The number of aryl methyl sites for hydroxylation is 2. The molecule has 1 N–H and O–H groups in total. The number of carbonyl (C=O) groups is 1. The summed E-state index contributed by atoms with van der Waals surface area (Å²) >= 11 is 0. The molecule has 1 atom stereocenters. The quantitative estimate of drug-likeness (QED) is 0.766. The summed E-state index contributed by atoms with van der Waals surface area (Å²) in [6.07, 6.45) is 1.76. The van der Waals surface area contributed by atoms with Gasteiger partial charge in [-0.25, -0.2) is 8.42 Å². The number of amides is 1. The average molecular weight is 406 g/mol. The number of hydrogen-bond donors (Lipinski definition) is 1. The van der Waals surface area contributed by atoms with Gasteiger partial charge in [0.2, 0.25) is 5.91 Å². The summed E-state index contributed by atoms with van der Waals surface area (Å²) in [6.45, 7) is 5.40. The van der Waals surface area contributed by atoms with E-state index in [0.717, 1.165) is 35.1 Å². The summed E-state index contributed by atoms with van der Waals surface area (Å²) in [5.41, 5.74) is 4.38. The standard InChI is InChI=1S/C21H31N3O3S/c1-5-16-7-6-8-18-19(15(2)22-21(16)18)13-20(25)24(11-10-23(3)4)17-9-12-28(26,27)14-17/h6-8,17,22H,5,9-14H2,1-4H3/t17-/m0/s1. The van der Waals surface area contributed by atoms with Crippen LogP contribution in [0.3, 0.4) is 0 Å². The molecule has 2 aromatic rings. The molecule has 1 aromatic heterocycles. The second-order valence-corrected chi connectivity index (χ2v) is 10.3. The molecule has 1 aliphatic heterocycles. The molecule has 0 aliphatic carbocycles. The first-order valence-corrected chi connectivity index (χ1v) is 11.8. The van der Waals surface area contributed by atoms with E-state index >= 15 is 0 Å². The highest BCUT2D eigenvalue weighted by molar-refractivity contribution is 7.91. The Labute approximate surface area is 167 Å². The molecule has 1 aromatic carbocycles. The minimum atomic E-state index is -3.04. The molecule has 0 spiro atoms. The normalized spacial score (nSPS) is 18.8. The number of likely N-dealkylation sites (N-methyl/N-ethyl adjacent to an activating group) is 1. The van der Waals surface area contributed by atoms with Gasteiger partial charge in [0, 0.05) is 35.7 Å². The van der Waals surface area contributed by atoms with Gasteiger partial charge in [-0.3, -0.25) is 4.79 Å². The summed E-state index contributed by atoms with van der Waals surface area (Å²) in [6, 6.07) is 5.99. The Bertz CT molecular complexity index is 963. The minimum absolute atomic E-state index is 0.00912. The number of nitrogens with zero attached hydrogens (tertiary/aromatic N) is 2. The first-order chi connectivity index (χ1) is 13.2. The van der Waals surface area contributed by atoms with Crippen LogP contribution >= 0.6 is 0 Å². The fraction of sp³-hybridized carbons (Fsp3) is 0.571. The number of fused-ring (bicyclic) bond motifs is 1. The third kappa shape index (κ3) is 4.41. The number of para-hydroxylation sites is 1. The Morgan fingerprint density at radius 2 is 2.00 bits per heavy atom. The van der Waals surface area contributed by atoms with Crippen LogP contribution in [0.15, 0.2) is 18.2 Å². The van der Waals surface area contributed by atoms with Crippen molar-refractivity contribution >= 4 is 26.6 Å². The zero-order valence-corrected chi connectivity index (χ0v) is 18.1. The molecule has 7 heteroatoms. The van der Waals surface area contributed by atoms with Gasteiger partial charge in [0.05, 0.1) is 17.9 Å². The van der Waals surface area contributed by atoms with Crippen LogP contribution in [0.25, 0.3) is 10.9 Å². The maximum Gasteiger partial charge on any atom is 0.227 e. The Morgan fingerprint density at radius 1 is 1.25 bits per heavy atom. The number of rotatable bonds is 7. The van der Waals surface area contributed by atoms with Crippen molar-refractivity contribution in [1.82, 2.24) is 14.8 Å². The van der Waals surface area contributed by atoms with Crippen molar-refractivity contribution in [2.75, 3.05) is 38.7 Å². The molecule has 0 radical (unpaired) electrons. The van der Waals surface area contributed by atoms with Gasteiger partial charge in [0.25, 0.3) is 0 Å². The highest BCUT2D eigenvalue weighted by Gasteiger charge is 2.34. The molecule has 1 fully saturated rings. The Morgan fingerprint density at radius 3 is 2.61 bits per heavy atom. The van der Waals surface area contributed by atoms with E-state index in [0.29, 0.717) is 19.4 Å². The van der Waals surface area contributed by atoms with Crippen molar-refractivity contribution in [3.8, 4) is 0 Å². The van der Waals surface area contributed by atoms with Gasteiger partial charge in [-0.2, -0.15) is 0 Å². The van der Waals surface area contributed by atoms with Crippen LogP contribution in [-0.2, 0) is 27.5 Å². The molecule has 1 amide bonds. The largest absolute Gasteiger partial charge is 0.358 e. The molecule has 1 aliphatic rings. The molecule has 6 nitrogen and oxygen atoms in total. The monoisotopic (exact) mass is 405 g/mol. The summed E-state index contributed by atoms with van der Waals surface area (Å²) < 4.78 is 23.9. The van der Waals surface area contributed by atoms with E-state index in [9.17, 15) is 13.2 Å². The fourth-order valence-corrected chi connectivity index (χ4v) is 5.81. The number of H-pyrrole nitrogens is 1. The number of hydrogen-bond acceptors (Lipinski definition) is 4. The summed E-state index contributed by atoms with van der Waals surface area (Å²) in [5.74, 6) is 0.267. The number of aromatic amines is 1. The zero-order valence-electron chi connectivity index (χ0n) is 17.3. The van der Waals surface area contributed by atoms with Crippen molar-refractivity contribution < 1.29 is 13.2 Å². The van der Waals surface area contributed by atoms with Crippen LogP contribution < -0.4 is 0 Å². The second kappa shape index (κ2) is 8.25. The summed E-state index contributed by atoms with van der Waals surface area (Å²) in [7, 11) is 0.885. The van der Waals surface area contributed by atoms with Gasteiger partial charge in [-0.05, 0) is 45.0 Å². The van der Waals surface area contributed by atoms with Crippen LogP contribution in [0.4, 0.5) is 0 Å². The molecule has 0 unspecified atom stereocenters. The highest BCUT2D eigenvalue weighted by atomic mass is 32.2. The molecular formula is C21H31N3O3S. The summed E-state index contributed by atoms with van der Waals surface area (Å²) in [4.78, 5) is 20.5. The smallest absolute Gasteiger partial charge is 0.227 e. The zero-order chi connectivity index (χ0) is 20.5. The van der Waals surface area contributed by atoms with Crippen molar-refractivity contribution in [2.24, 2.45) is 0 Å². The first kappa shape index (κ1) is 20.9. The van der Waals surface area contributed by atoms with E-state index in [-0.39, 0.29) is 23.5 Å². The second-order valence-electron chi connectivity index (χ2n) is 8.05. The molecule has 3 rings (SSSR count). The van der Waals surface area contributed by atoms with Crippen molar-refractivity contribution in [3.63, 3.8) is 0 Å². The summed E-state index contributed by atoms with van der Waals surface area (Å²) in [5, 5.41) is 1.09. The Kier molecular flexibility index (Phi) is 6.15. The van der Waals surface area contributed by atoms with Gasteiger partial charge in [-0.15, -0.1) is 0 Å². The molecule has 1 saturated heterocycles. The SMILES string of the molecule is CCc1cccc2c(CC(=O)N(CCN(C)C)[C@H]3CCS(=O)(=O)C3)c(C)[nH]c12. The number of benzene rings is 1. The lowest BCUT2D eigenvalue weighted by molar-refractivity contribution is -0.132. The van der Waals surface area contributed by atoms with Crippen LogP contribution in [0.1, 0.15) is 30.2 Å². The van der Waals surface area contributed by atoms with E-state index in [1.807, 2.05) is 32.0 Å². The van der Waals surface area contributed by atoms with Crippen LogP contribution in [0.2, 0.25) is 0 Å². The van der Waals surface area contributed by atoms with Crippen LogP contribution in [-0.4, -0.2) is 73.8 Å². The fourth-order valence-electron chi connectivity index (χ4n) is 4.08. The van der Waals surface area contributed by atoms with Crippen molar-refractivity contribution in [3.05, 3.63) is 35.0 Å². The Balaban J connectivity index is 1.87. The number of sulfone groups is 1. The Hall–Kier alpha value is -1.86. The van der Waals surface area contributed by atoms with Gasteiger partial charge in [0.1, 0.15) is 0 Å². The molecule has 0 saturated carbocycles. The van der Waals surface area contributed by atoms with Crippen molar-refractivity contribution in [1.29, 1.82) is 0 Å². The predicted molar refractivity (Wildman–Crippen MR) is 113 cm³/mol. The van der Waals surface area contributed by atoms with Gasteiger partial charge in [0.15, 0.2) is 9.84 Å². The van der Waals surface area contributed by atoms with E-state index in [1.165, 1.54) is 5.56 Å². The van der Waals surface area contributed by atoms with Gasteiger partial charge < -0.3 is 14.8 Å². The van der Waals surface area contributed by atoms with Gasteiger partial charge in [-0.1, -0.05) is 25.1 Å². The predicted octanol–water partition coefficient (Wildman–Crippen LogP) is 2.16. The lowest BCUT2D eigenvalue weighted by atomic mass is 10.0. The van der Waals surface area contributed by atoms with E-state index in [2.05, 4.69) is 24.0 Å². The average Bonchev–Trinajstić information content (AvgIpc) is 3.14.